The average molecular weight is 352 g/mol. The number of hydrogen-bond acceptors (Lipinski definition) is 6. The highest BCUT2D eigenvalue weighted by atomic mass is 32.1. The number of anilines is 1. The van der Waals surface area contributed by atoms with E-state index < -0.39 is 11.9 Å². The number of carbonyl (C=O) groups is 2. The van der Waals surface area contributed by atoms with Gasteiger partial charge in [-0.3, -0.25) is 4.79 Å². The molecule has 0 atom stereocenters. The van der Waals surface area contributed by atoms with E-state index in [4.69, 9.17) is 4.74 Å². The molecule has 0 aliphatic rings. The van der Waals surface area contributed by atoms with Gasteiger partial charge < -0.3 is 15.0 Å². The number of rotatable bonds is 4. The number of para-hydroxylation sites is 1. The highest BCUT2D eigenvalue weighted by Crippen LogP contribution is 2.21. The molecule has 124 valence electrons. The van der Waals surface area contributed by atoms with E-state index in [0.717, 1.165) is 22.6 Å². The van der Waals surface area contributed by atoms with Gasteiger partial charge in [0.1, 0.15) is 16.7 Å². The summed E-state index contributed by atoms with van der Waals surface area (Å²) < 4.78 is 13.3. The summed E-state index contributed by atoms with van der Waals surface area (Å²) in [4.78, 5) is 27.1. The van der Waals surface area contributed by atoms with Crippen LogP contribution in [0, 0.1) is 0 Å². The zero-order valence-electron chi connectivity index (χ0n) is 12.9. The molecule has 0 aliphatic heterocycles. The van der Waals surface area contributed by atoms with Gasteiger partial charge in [0.2, 0.25) is 0 Å². The van der Waals surface area contributed by atoms with Gasteiger partial charge >= 0.3 is 5.97 Å². The van der Waals surface area contributed by atoms with E-state index in [9.17, 15) is 9.59 Å². The molecule has 4 aromatic rings. The lowest BCUT2D eigenvalue weighted by Crippen LogP contribution is -2.21. The predicted octanol–water partition coefficient (Wildman–Crippen LogP) is 2.97. The molecule has 0 fully saturated rings. The van der Waals surface area contributed by atoms with Crippen LogP contribution in [0.4, 0.5) is 5.69 Å². The molecule has 0 saturated carbocycles. The minimum atomic E-state index is -0.583. The second-order valence-corrected chi connectivity index (χ2v) is 5.86. The number of nitrogens with zero attached hydrogens (tertiary/aromatic N) is 2. The second-order valence-electron chi connectivity index (χ2n) is 5.33. The van der Waals surface area contributed by atoms with Crippen molar-refractivity contribution in [3.63, 3.8) is 0 Å². The molecule has 2 aromatic carbocycles. The summed E-state index contributed by atoms with van der Waals surface area (Å²) in [6.07, 6.45) is 0. The minimum Gasteiger partial charge on any atom is -0.451 e. The van der Waals surface area contributed by atoms with Crippen molar-refractivity contribution in [2.75, 3.05) is 11.9 Å². The van der Waals surface area contributed by atoms with Gasteiger partial charge in [0.15, 0.2) is 6.61 Å². The van der Waals surface area contributed by atoms with E-state index in [0.29, 0.717) is 22.4 Å². The Labute approximate surface area is 146 Å². The lowest BCUT2D eigenvalue weighted by molar-refractivity contribution is -0.119. The molecule has 2 heterocycles. The predicted molar refractivity (Wildman–Crippen MR) is 94.6 cm³/mol. The van der Waals surface area contributed by atoms with E-state index in [1.165, 1.54) is 0 Å². The zero-order valence-corrected chi connectivity index (χ0v) is 13.7. The standard InChI is InChI=1S/C17H12N4O3S/c22-15(19-12-6-3-7-13-16(12)21-25-20-13)9-24-17(23)14-8-10-4-1-2-5-11(10)18-14/h1-8,18H,9H2,(H,19,22). The molecule has 25 heavy (non-hydrogen) atoms. The largest absolute Gasteiger partial charge is 0.451 e. The van der Waals surface area contributed by atoms with Crippen LogP contribution in [0.1, 0.15) is 10.5 Å². The van der Waals surface area contributed by atoms with Crippen LogP contribution in [0.15, 0.2) is 48.5 Å². The summed E-state index contributed by atoms with van der Waals surface area (Å²) in [5.41, 5.74) is 3.00. The molecule has 0 radical (unpaired) electrons. The number of aromatic amines is 1. The van der Waals surface area contributed by atoms with Gasteiger partial charge in [-0.1, -0.05) is 24.3 Å². The maximum absolute atomic E-state index is 12.1. The van der Waals surface area contributed by atoms with Crippen molar-refractivity contribution >= 4 is 51.2 Å². The second kappa shape index (κ2) is 6.33. The number of aromatic nitrogens is 3. The molecule has 7 nitrogen and oxygen atoms in total. The highest BCUT2D eigenvalue weighted by molar-refractivity contribution is 7.00. The van der Waals surface area contributed by atoms with Crippen molar-refractivity contribution in [2.45, 2.75) is 0 Å². The van der Waals surface area contributed by atoms with E-state index in [1.54, 1.807) is 18.2 Å². The van der Waals surface area contributed by atoms with E-state index in [1.807, 2.05) is 30.3 Å². The Morgan fingerprint density at radius 2 is 2.00 bits per heavy atom. The molecule has 0 bridgehead atoms. The SMILES string of the molecule is O=C(COC(=O)c1cc2ccccc2[nH]1)Nc1cccc2nsnc12. The first kappa shape index (κ1) is 15.3. The van der Waals surface area contributed by atoms with Crippen LogP contribution < -0.4 is 5.32 Å². The number of amides is 1. The van der Waals surface area contributed by atoms with Crippen molar-refractivity contribution in [3.8, 4) is 0 Å². The van der Waals surface area contributed by atoms with Gasteiger partial charge in [0, 0.05) is 10.9 Å². The summed E-state index contributed by atoms with van der Waals surface area (Å²) in [5, 5.41) is 3.59. The van der Waals surface area contributed by atoms with E-state index in [-0.39, 0.29) is 6.61 Å². The first-order valence-electron chi connectivity index (χ1n) is 7.47. The maximum atomic E-state index is 12.1. The van der Waals surface area contributed by atoms with Crippen molar-refractivity contribution < 1.29 is 14.3 Å². The minimum absolute atomic E-state index is 0.305. The first-order chi connectivity index (χ1) is 12.2. The molecule has 8 heteroatoms. The van der Waals surface area contributed by atoms with Gasteiger partial charge in [-0.15, -0.1) is 0 Å². The number of nitrogens with one attached hydrogen (secondary N) is 2. The number of fused-ring (bicyclic) bond motifs is 2. The summed E-state index contributed by atoms with van der Waals surface area (Å²) in [5.74, 6) is -1.02. The van der Waals surface area contributed by atoms with Gasteiger partial charge in [0.05, 0.1) is 17.4 Å². The van der Waals surface area contributed by atoms with Crippen LogP contribution >= 0.6 is 11.7 Å². The molecular weight excluding hydrogens is 340 g/mol. The first-order valence-corrected chi connectivity index (χ1v) is 8.20. The van der Waals surface area contributed by atoms with Crippen LogP contribution in [0.2, 0.25) is 0 Å². The van der Waals surface area contributed by atoms with Crippen molar-refractivity contribution in [3.05, 3.63) is 54.2 Å². The van der Waals surface area contributed by atoms with Crippen LogP contribution in [0.25, 0.3) is 21.9 Å². The monoisotopic (exact) mass is 352 g/mol. The number of esters is 1. The average Bonchev–Trinajstić information content (AvgIpc) is 3.26. The summed E-state index contributed by atoms with van der Waals surface area (Å²) >= 11 is 1.07. The van der Waals surface area contributed by atoms with Crippen LogP contribution in [-0.2, 0) is 9.53 Å². The third-order valence-electron chi connectivity index (χ3n) is 3.64. The van der Waals surface area contributed by atoms with E-state index >= 15 is 0 Å². The lowest BCUT2D eigenvalue weighted by Gasteiger charge is -2.06. The normalized spacial score (nSPS) is 10.9. The molecule has 2 N–H and O–H groups in total. The maximum Gasteiger partial charge on any atom is 0.355 e. The fourth-order valence-corrected chi connectivity index (χ4v) is 3.04. The van der Waals surface area contributed by atoms with Crippen molar-refractivity contribution in [1.29, 1.82) is 0 Å². The summed E-state index contributed by atoms with van der Waals surface area (Å²) in [6.45, 7) is -0.387. The van der Waals surface area contributed by atoms with Gasteiger partial charge in [-0.05, 0) is 24.3 Å². The van der Waals surface area contributed by atoms with Crippen LogP contribution in [0.3, 0.4) is 0 Å². The highest BCUT2D eigenvalue weighted by Gasteiger charge is 2.14. The topological polar surface area (TPSA) is 97.0 Å². The number of ether oxygens (including phenoxy) is 1. The Kier molecular flexibility index (Phi) is 3.87. The number of benzene rings is 2. The van der Waals surface area contributed by atoms with Gasteiger partial charge in [-0.2, -0.15) is 8.75 Å². The fourth-order valence-electron chi connectivity index (χ4n) is 2.49. The third kappa shape index (κ3) is 3.07. The summed E-state index contributed by atoms with van der Waals surface area (Å²) in [7, 11) is 0. The number of carbonyl (C=O) groups excluding carboxylic acids is 2. The van der Waals surface area contributed by atoms with Gasteiger partial charge in [0.25, 0.3) is 5.91 Å². The van der Waals surface area contributed by atoms with Gasteiger partial charge in [-0.25, -0.2) is 4.79 Å². The Morgan fingerprint density at radius 1 is 1.12 bits per heavy atom. The fraction of sp³-hybridized carbons (Fsp3) is 0.0588. The third-order valence-corrected chi connectivity index (χ3v) is 4.19. The molecular formula is C17H12N4O3S. The summed E-state index contributed by atoms with van der Waals surface area (Å²) in [6, 6.07) is 14.5. The lowest BCUT2D eigenvalue weighted by atomic mass is 10.2. The Morgan fingerprint density at radius 3 is 2.88 bits per heavy atom. The molecule has 0 aliphatic carbocycles. The molecule has 1 amide bonds. The van der Waals surface area contributed by atoms with Crippen LogP contribution in [0.5, 0.6) is 0 Å². The molecule has 0 spiro atoms. The quantitative estimate of drug-likeness (QED) is 0.550. The van der Waals surface area contributed by atoms with E-state index in [2.05, 4.69) is 19.0 Å². The Balaban J connectivity index is 1.41. The number of H-pyrrole nitrogens is 1. The zero-order chi connectivity index (χ0) is 17.2. The van der Waals surface area contributed by atoms with Crippen molar-refractivity contribution in [2.24, 2.45) is 0 Å². The molecule has 0 unspecified atom stereocenters. The van der Waals surface area contributed by atoms with Crippen LogP contribution in [-0.4, -0.2) is 32.2 Å². The Bertz CT molecular complexity index is 1050. The molecule has 4 rings (SSSR count). The Hall–Kier alpha value is -3.26. The molecule has 2 aromatic heterocycles. The smallest absolute Gasteiger partial charge is 0.355 e. The molecule has 0 saturated heterocycles. The number of hydrogen-bond donors (Lipinski definition) is 2. The van der Waals surface area contributed by atoms with Crippen molar-refractivity contribution in [1.82, 2.24) is 13.7 Å².